The molecule has 0 bridgehead atoms. The Hall–Kier alpha value is -0.710. The largest absolute Gasteiger partial charge is 0.463 e. The maximum atomic E-state index is 8.89. The van der Waals surface area contributed by atoms with E-state index in [0.717, 1.165) is 4.90 Å². The molecule has 0 aromatic heterocycles. The van der Waals surface area contributed by atoms with Crippen molar-refractivity contribution in [3.8, 4) is 5.75 Å². The van der Waals surface area contributed by atoms with Crippen LogP contribution < -0.4 is 4.74 Å². The van der Waals surface area contributed by atoms with Crippen LogP contribution in [0.1, 0.15) is 0 Å². The third-order valence-corrected chi connectivity index (χ3v) is 1.56. The molecule has 0 saturated heterocycles. The fraction of sp³-hybridized carbons (Fsp3) is 0.250. The van der Waals surface area contributed by atoms with Crippen molar-refractivity contribution in [2.45, 2.75) is 11.2 Å². The van der Waals surface area contributed by atoms with Crippen molar-refractivity contribution < 1.29 is 14.9 Å². The van der Waals surface area contributed by atoms with Gasteiger partial charge in [0, 0.05) is 4.90 Å². The van der Waals surface area contributed by atoms with Gasteiger partial charge in [0.05, 0.1) is 0 Å². The number of hydrogen-bond donors (Lipinski definition) is 3. The molecule has 0 radical (unpaired) electrons. The molecule has 0 aliphatic heterocycles. The van der Waals surface area contributed by atoms with Crippen molar-refractivity contribution in [2.75, 3.05) is 6.61 Å². The smallest absolute Gasteiger partial charge is 0.220 e. The fourth-order valence-electron chi connectivity index (χ4n) is 0.719. The lowest BCUT2D eigenvalue weighted by Gasteiger charge is -2.10. The van der Waals surface area contributed by atoms with Crippen molar-refractivity contribution in [2.24, 2.45) is 0 Å². The number of ether oxygens (including phenoxy) is 1. The molecule has 0 fully saturated rings. The van der Waals surface area contributed by atoms with Crippen LogP contribution in [0.2, 0.25) is 0 Å². The van der Waals surface area contributed by atoms with Crippen molar-refractivity contribution >= 4 is 12.6 Å². The molecular formula is C8H10O3S. The van der Waals surface area contributed by atoms with Gasteiger partial charge in [-0.2, -0.15) is 0 Å². The minimum absolute atomic E-state index is 0.414. The van der Waals surface area contributed by atoms with Crippen LogP contribution >= 0.6 is 12.6 Å². The van der Waals surface area contributed by atoms with Gasteiger partial charge in [-0.1, -0.05) is 0 Å². The number of hydrogen-bond acceptors (Lipinski definition) is 4. The zero-order chi connectivity index (χ0) is 8.97. The third kappa shape index (κ3) is 2.73. The Kier molecular flexibility index (Phi) is 3.40. The first kappa shape index (κ1) is 9.38. The van der Waals surface area contributed by atoms with Crippen LogP contribution in [-0.2, 0) is 0 Å². The molecule has 12 heavy (non-hydrogen) atoms. The van der Waals surface area contributed by atoms with E-state index in [4.69, 9.17) is 14.9 Å². The highest BCUT2D eigenvalue weighted by atomic mass is 32.1. The summed E-state index contributed by atoms with van der Waals surface area (Å²) < 4.78 is 4.89. The Morgan fingerprint density at radius 3 is 2.42 bits per heavy atom. The normalized spacial score (nSPS) is 12.6. The van der Waals surface area contributed by atoms with Crippen LogP contribution in [-0.4, -0.2) is 23.1 Å². The van der Waals surface area contributed by atoms with Crippen LogP contribution in [0.25, 0.3) is 0 Å². The van der Waals surface area contributed by atoms with Gasteiger partial charge in [-0.15, -0.1) is 12.6 Å². The summed E-state index contributed by atoms with van der Waals surface area (Å²) in [5.74, 6) is 0.509. The monoisotopic (exact) mass is 186 g/mol. The molecule has 1 aromatic carbocycles. The molecule has 0 heterocycles. The zero-order valence-corrected chi connectivity index (χ0v) is 7.24. The highest BCUT2D eigenvalue weighted by molar-refractivity contribution is 7.80. The summed E-state index contributed by atoms with van der Waals surface area (Å²) in [7, 11) is 0. The van der Waals surface area contributed by atoms with E-state index in [9.17, 15) is 0 Å². The lowest BCUT2D eigenvalue weighted by atomic mass is 10.3. The Labute approximate surface area is 76.0 Å². The third-order valence-electron chi connectivity index (χ3n) is 1.27. The van der Waals surface area contributed by atoms with Gasteiger partial charge in [0.15, 0.2) is 0 Å². The van der Waals surface area contributed by atoms with Crippen LogP contribution in [0.3, 0.4) is 0 Å². The van der Waals surface area contributed by atoms with E-state index in [-0.39, 0.29) is 0 Å². The average Bonchev–Trinajstić information content (AvgIpc) is 2.09. The molecule has 0 saturated carbocycles. The molecule has 1 atom stereocenters. The summed E-state index contributed by atoms with van der Waals surface area (Å²) in [6, 6.07) is 6.81. The number of benzene rings is 1. The second-order valence-corrected chi connectivity index (χ2v) is 2.77. The minimum Gasteiger partial charge on any atom is -0.463 e. The van der Waals surface area contributed by atoms with Crippen LogP contribution in [0.5, 0.6) is 5.75 Å². The predicted octanol–water partition coefficient (Wildman–Crippen LogP) is 0.665. The van der Waals surface area contributed by atoms with Crippen molar-refractivity contribution in [1.29, 1.82) is 0 Å². The second kappa shape index (κ2) is 4.35. The first-order valence-corrected chi connectivity index (χ1v) is 3.91. The lowest BCUT2D eigenvalue weighted by molar-refractivity contribution is -0.0548. The van der Waals surface area contributed by atoms with Gasteiger partial charge < -0.3 is 14.9 Å². The van der Waals surface area contributed by atoms with E-state index in [2.05, 4.69) is 12.6 Å². The van der Waals surface area contributed by atoms with E-state index in [1.165, 1.54) is 0 Å². The van der Waals surface area contributed by atoms with Gasteiger partial charge in [-0.05, 0) is 24.3 Å². The first-order chi connectivity index (χ1) is 5.72. The standard InChI is InChI=1S/C8H10O3S/c9-5-8(10)11-6-1-3-7(12)4-2-6/h1-4,8-10,12H,5H2. The Morgan fingerprint density at radius 2 is 1.92 bits per heavy atom. The van der Waals surface area contributed by atoms with Gasteiger partial charge >= 0.3 is 0 Å². The molecule has 1 unspecified atom stereocenters. The zero-order valence-electron chi connectivity index (χ0n) is 6.34. The predicted molar refractivity (Wildman–Crippen MR) is 47.4 cm³/mol. The molecule has 0 aliphatic rings. The minimum atomic E-state index is -1.16. The van der Waals surface area contributed by atoms with E-state index < -0.39 is 12.9 Å². The van der Waals surface area contributed by atoms with E-state index in [1.807, 2.05) is 0 Å². The molecule has 1 aromatic rings. The second-order valence-electron chi connectivity index (χ2n) is 2.25. The summed E-state index contributed by atoms with van der Waals surface area (Å²) in [6.07, 6.45) is -1.16. The molecule has 4 heteroatoms. The first-order valence-electron chi connectivity index (χ1n) is 3.47. The van der Waals surface area contributed by atoms with Crippen molar-refractivity contribution in [1.82, 2.24) is 0 Å². The average molecular weight is 186 g/mol. The summed E-state index contributed by atoms with van der Waals surface area (Å²) in [6.45, 7) is -0.414. The topological polar surface area (TPSA) is 49.7 Å². The number of thiol groups is 1. The van der Waals surface area contributed by atoms with Gasteiger partial charge in [0.2, 0.25) is 6.29 Å². The van der Waals surface area contributed by atoms with Crippen molar-refractivity contribution in [3.05, 3.63) is 24.3 Å². The number of rotatable bonds is 3. The summed E-state index contributed by atoms with van der Waals surface area (Å²) in [4.78, 5) is 0.820. The number of aliphatic hydroxyl groups excluding tert-OH is 2. The van der Waals surface area contributed by atoms with Gasteiger partial charge in [0.1, 0.15) is 12.4 Å². The Bertz CT molecular complexity index is 235. The molecule has 0 amide bonds. The Balaban J connectivity index is 2.58. The summed E-state index contributed by atoms with van der Waals surface area (Å²) in [5, 5.41) is 17.3. The molecule has 3 nitrogen and oxygen atoms in total. The lowest BCUT2D eigenvalue weighted by Crippen LogP contribution is -2.19. The van der Waals surface area contributed by atoms with Crippen LogP contribution in [0.15, 0.2) is 29.2 Å². The Morgan fingerprint density at radius 1 is 1.33 bits per heavy atom. The highest BCUT2D eigenvalue weighted by Gasteiger charge is 2.01. The van der Waals surface area contributed by atoms with Gasteiger partial charge in [-0.25, -0.2) is 0 Å². The molecule has 66 valence electrons. The molecule has 0 aliphatic carbocycles. The van der Waals surface area contributed by atoms with Gasteiger partial charge in [0.25, 0.3) is 0 Å². The van der Waals surface area contributed by atoms with Crippen molar-refractivity contribution in [3.63, 3.8) is 0 Å². The number of aliphatic hydroxyl groups is 2. The van der Waals surface area contributed by atoms with E-state index >= 15 is 0 Å². The maximum absolute atomic E-state index is 8.89. The van der Waals surface area contributed by atoms with Crippen LogP contribution in [0, 0.1) is 0 Å². The quantitative estimate of drug-likeness (QED) is 0.480. The van der Waals surface area contributed by atoms with E-state index in [0.29, 0.717) is 5.75 Å². The summed E-state index contributed by atoms with van der Waals surface area (Å²) in [5.41, 5.74) is 0. The SMILES string of the molecule is OCC(O)Oc1ccc(S)cc1. The molecule has 1 rings (SSSR count). The fourth-order valence-corrected chi connectivity index (χ4v) is 0.868. The molecular weight excluding hydrogens is 176 g/mol. The van der Waals surface area contributed by atoms with Gasteiger partial charge in [-0.3, -0.25) is 0 Å². The highest BCUT2D eigenvalue weighted by Crippen LogP contribution is 2.14. The molecule has 2 N–H and O–H groups in total. The maximum Gasteiger partial charge on any atom is 0.220 e. The van der Waals surface area contributed by atoms with Crippen LogP contribution in [0.4, 0.5) is 0 Å². The molecule has 0 spiro atoms. The van der Waals surface area contributed by atoms with E-state index in [1.54, 1.807) is 24.3 Å². The summed E-state index contributed by atoms with van der Waals surface area (Å²) >= 11 is 4.08.